The number of pyridine rings is 1. The highest BCUT2D eigenvalue weighted by atomic mass is 19.1. The van der Waals surface area contributed by atoms with Crippen molar-refractivity contribution in [3.63, 3.8) is 0 Å². The third-order valence-electron chi connectivity index (χ3n) is 2.41. The molecule has 0 aliphatic carbocycles. The molecule has 0 fully saturated rings. The van der Waals surface area contributed by atoms with Crippen LogP contribution in [-0.2, 0) is 0 Å². The molecule has 1 aromatic carbocycles. The molecule has 0 bridgehead atoms. The molecule has 0 aliphatic rings. The predicted molar refractivity (Wildman–Crippen MR) is 62.9 cm³/mol. The van der Waals surface area contributed by atoms with Gasteiger partial charge in [-0.25, -0.2) is 4.39 Å². The van der Waals surface area contributed by atoms with Gasteiger partial charge in [-0.3, -0.25) is 4.98 Å². The standard InChI is InChI=1S/C13H8FN3O/c14-10-6-4-9(5-7-10)13-16-12(17-18-13)11-3-1-2-8-15-11/h1-8H. The van der Waals surface area contributed by atoms with Crippen molar-refractivity contribution in [1.82, 2.24) is 15.1 Å². The van der Waals surface area contributed by atoms with Crippen LogP contribution in [0.4, 0.5) is 4.39 Å². The molecule has 0 aliphatic heterocycles. The first kappa shape index (κ1) is 10.6. The second-order valence-corrected chi connectivity index (χ2v) is 3.65. The number of hydrogen-bond acceptors (Lipinski definition) is 4. The van der Waals surface area contributed by atoms with Gasteiger partial charge in [0.15, 0.2) is 0 Å². The SMILES string of the molecule is Fc1ccc(-c2nc(-c3ccccn3)no2)cc1. The molecule has 2 heterocycles. The zero-order valence-corrected chi connectivity index (χ0v) is 9.25. The van der Waals surface area contributed by atoms with Crippen molar-refractivity contribution < 1.29 is 8.91 Å². The monoisotopic (exact) mass is 241 g/mol. The lowest BCUT2D eigenvalue weighted by Crippen LogP contribution is -1.84. The number of aromatic nitrogens is 3. The lowest BCUT2D eigenvalue weighted by Gasteiger charge is -1.92. The quantitative estimate of drug-likeness (QED) is 0.692. The summed E-state index contributed by atoms with van der Waals surface area (Å²) in [5.41, 5.74) is 1.31. The van der Waals surface area contributed by atoms with Crippen molar-refractivity contribution in [2.75, 3.05) is 0 Å². The van der Waals surface area contributed by atoms with Crippen molar-refractivity contribution >= 4 is 0 Å². The van der Waals surface area contributed by atoms with Crippen LogP contribution in [0.1, 0.15) is 0 Å². The zero-order valence-electron chi connectivity index (χ0n) is 9.25. The molecule has 3 rings (SSSR count). The maximum absolute atomic E-state index is 12.8. The van der Waals surface area contributed by atoms with E-state index in [1.807, 2.05) is 12.1 Å². The van der Waals surface area contributed by atoms with Gasteiger partial charge in [0.05, 0.1) is 0 Å². The van der Waals surface area contributed by atoms with E-state index in [2.05, 4.69) is 15.1 Å². The summed E-state index contributed by atoms with van der Waals surface area (Å²) >= 11 is 0. The molecule has 0 N–H and O–H groups in total. The van der Waals surface area contributed by atoms with Crippen molar-refractivity contribution in [3.8, 4) is 23.0 Å². The van der Waals surface area contributed by atoms with Gasteiger partial charge < -0.3 is 4.52 Å². The van der Waals surface area contributed by atoms with Gasteiger partial charge in [-0.05, 0) is 36.4 Å². The molecular formula is C13H8FN3O. The van der Waals surface area contributed by atoms with E-state index in [4.69, 9.17) is 4.52 Å². The van der Waals surface area contributed by atoms with Gasteiger partial charge in [-0.2, -0.15) is 4.98 Å². The Hall–Kier alpha value is -2.56. The van der Waals surface area contributed by atoms with Crippen LogP contribution in [0.3, 0.4) is 0 Å². The van der Waals surface area contributed by atoms with E-state index in [1.54, 1.807) is 24.4 Å². The molecule has 0 saturated heterocycles. The zero-order chi connectivity index (χ0) is 12.4. The van der Waals surface area contributed by atoms with Crippen LogP contribution in [0.25, 0.3) is 23.0 Å². The summed E-state index contributed by atoms with van der Waals surface area (Å²) in [6, 6.07) is 11.3. The molecule has 0 spiro atoms. The average Bonchev–Trinajstić information content (AvgIpc) is 2.90. The maximum Gasteiger partial charge on any atom is 0.258 e. The Morgan fingerprint density at radius 3 is 2.56 bits per heavy atom. The molecule has 3 aromatic rings. The summed E-state index contributed by atoms with van der Waals surface area (Å²) in [5, 5.41) is 3.84. The lowest BCUT2D eigenvalue weighted by molar-refractivity contribution is 0.432. The second-order valence-electron chi connectivity index (χ2n) is 3.65. The number of hydrogen-bond donors (Lipinski definition) is 0. The molecule has 18 heavy (non-hydrogen) atoms. The van der Waals surface area contributed by atoms with Crippen molar-refractivity contribution in [3.05, 3.63) is 54.5 Å². The van der Waals surface area contributed by atoms with Gasteiger partial charge in [0.25, 0.3) is 5.89 Å². The van der Waals surface area contributed by atoms with Crippen LogP contribution in [-0.4, -0.2) is 15.1 Å². The summed E-state index contributed by atoms with van der Waals surface area (Å²) in [7, 11) is 0. The molecule has 0 radical (unpaired) electrons. The smallest absolute Gasteiger partial charge is 0.258 e. The van der Waals surface area contributed by atoms with Gasteiger partial charge in [0.1, 0.15) is 11.5 Å². The predicted octanol–water partition coefficient (Wildman–Crippen LogP) is 2.94. The molecule has 2 aromatic heterocycles. The van der Waals surface area contributed by atoms with E-state index < -0.39 is 0 Å². The van der Waals surface area contributed by atoms with Crippen LogP contribution in [0.2, 0.25) is 0 Å². The number of rotatable bonds is 2. The number of benzene rings is 1. The Morgan fingerprint density at radius 2 is 1.83 bits per heavy atom. The fraction of sp³-hybridized carbons (Fsp3) is 0. The van der Waals surface area contributed by atoms with Crippen molar-refractivity contribution in [2.24, 2.45) is 0 Å². The molecule has 0 unspecified atom stereocenters. The van der Waals surface area contributed by atoms with Crippen molar-refractivity contribution in [1.29, 1.82) is 0 Å². The largest absolute Gasteiger partial charge is 0.334 e. The van der Waals surface area contributed by atoms with Crippen LogP contribution < -0.4 is 0 Å². The van der Waals surface area contributed by atoms with Crippen LogP contribution in [0.15, 0.2) is 53.2 Å². The minimum Gasteiger partial charge on any atom is -0.334 e. The van der Waals surface area contributed by atoms with E-state index in [9.17, 15) is 4.39 Å². The first-order valence-electron chi connectivity index (χ1n) is 5.34. The molecule has 0 saturated carbocycles. The van der Waals surface area contributed by atoms with E-state index in [0.717, 1.165) is 0 Å². The summed E-state index contributed by atoms with van der Waals surface area (Å²) in [4.78, 5) is 8.34. The summed E-state index contributed by atoms with van der Waals surface area (Å²) in [6.45, 7) is 0. The summed E-state index contributed by atoms with van der Waals surface area (Å²) in [5.74, 6) is 0.453. The Kier molecular flexibility index (Phi) is 2.57. The molecule has 88 valence electrons. The highest BCUT2D eigenvalue weighted by Crippen LogP contribution is 2.20. The minimum atomic E-state index is -0.303. The fourth-order valence-electron chi connectivity index (χ4n) is 1.53. The third kappa shape index (κ3) is 1.98. The maximum atomic E-state index is 12.8. The van der Waals surface area contributed by atoms with E-state index in [-0.39, 0.29) is 5.82 Å². The normalized spacial score (nSPS) is 10.5. The summed E-state index contributed by atoms with van der Waals surface area (Å²) in [6.07, 6.45) is 1.66. The lowest BCUT2D eigenvalue weighted by atomic mass is 10.2. The fourth-order valence-corrected chi connectivity index (χ4v) is 1.53. The molecule has 5 heteroatoms. The van der Waals surface area contributed by atoms with Crippen LogP contribution in [0, 0.1) is 5.82 Å². The van der Waals surface area contributed by atoms with Crippen LogP contribution in [0.5, 0.6) is 0 Å². The Bertz CT molecular complexity index is 650. The van der Waals surface area contributed by atoms with E-state index in [1.165, 1.54) is 12.1 Å². The average molecular weight is 241 g/mol. The highest BCUT2D eigenvalue weighted by Gasteiger charge is 2.10. The molecule has 0 amide bonds. The second kappa shape index (κ2) is 4.37. The topological polar surface area (TPSA) is 51.8 Å². The molecule has 0 atom stereocenters. The van der Waals surface area contributed by atoms with Gasteiger partial charge in [0, 0.05) is 11.8 Å². The third-order valence-corrected chi connectivity index (χ3v) is 2.41. The Labute approximate surface area is 102 Å². The Morgan fingerprint density at radius 1 is 1.00 bits per heavy atom. The van der Waals surface area contributed by atoms with Gasteiger partial charge >= 0.3 is 0 Å². The van der Waals surface area contributed by atoms with Gasteiger partial charge in [-0.15, -0.1) is 0 Å². The number of halogens is 1. The van der Waals surface area contributed by atoms with E-state index in [0.29, 0.717) is 23.0 Å². The summed E-state index contributed by atoms with van der Waals surface area (Å²) < 4.78 is 17.9. The van der Waals surface area contributed by atoms with E-state index >= 15 is 0 Å². The first-order valence-corrected chi connectivity index (χ1v) is 5.34. The Balaban J connectivity index is 1.97. The molecular weight excluding hydrogens is 233 g/mol. The van der Waals surface area contributed by atoms with Crippen molar-refractivity contribution in [2.45, 2.75) is 0 Å². The van der Waals surface area contributed by atoms with Gasteiger partial charge in [-0.1, -0.05) is 11.2 Å². The first-order chi connectivity index (χ1) is 8.83. The highest BCUT2D eigenvalue weighted by molar-refractivity contribution is 5.56. The molecule has 4 nitrogen and oxygen atoms in total. The minimum absolute atomic E-state index is 0.303. The van der Waals surface area contributed by atoms with Crippen LogP contribution >= 0.6 is 0 Å². The number of nitrogens with zero attached hydrogens (tertiary/aromatic N) is 3. The van der Waals surface area contributed by atoms with Gasteiger partial charge in [0.2, 0.25) is 5.82 Å².